The molecule has 1 amide bonds. The van der Waals surface area contributed by atoms with Crippen LogP contribution in [0.2, 0.25) is 0 Å². The third-order valence-corrected chi connectivity index (χ3v) is 5.21. The van der Waals surface area contributed by atoms with Crippen molar-refractivity contribution in [1.29, 1.82) is 0 Å². The molecule has 1 aliphatic heterocycles. The molecule has 1 aromatic carbocycles. The van der Waals surface area contributed by atoms with Gasteiger partial charge in [-0.25, -0.2) is 4.98 Å². The first-order chi connectivity index (χ1) is 10.1. The van der Waals surface area contributed by atoms with Gasteiger partial charge in [-0.1, -0.05) is 12.1 Å². The van der Waals surface area contributed by atoms with Gasteiger partial charge in [-0.3, -0.25) is 9.69 Å². The lowest BCUT2D eigenvalue weighted by Crippen LogP contribution is -2.30. The van der Waals surface area contributed by atoms with Crippen molar-refractivity contribution in [2.45, 2.75) is 25.3 Å². The average molecular weight is 303 g/mol. The summed E-state index contributed by atoms with van der Waals surface area (Å²) in [5.41, 5.74) is 1.09. The van der Waals surface area contributed by atoms with E-state index in [9.17, 15) is 4.79 Å². The molecular formula is C16H21N3OS. The number of para-hydroxylation sites is 1. The lowest BCUT2D eigenvalue weighted by Gasteiger charge is -2.23. The highest BCUT2D eigenvalue weighted by molar-refractivity contribution is 7.18. The molecule has 5 heteroatoms. The maximum Gasteiger partial charge on any atom is 0.223 e. The molecule has 1 aromatic heterocycles. The number of carbonyl (C=O) groups excluding carboxylic acids is 1. The number of hydrogen-bond acceptors (Lipinski definition) is 4. The van der Waals surface area contributed by atoms with E-state index in [0.29, 0.717) is 12.5 Å². The molecule has 1 aliphatic rings. The molecule has 112 valence electrons. The Morgan fingerprint density at radius 2 is 2.24 bits per heavy atom. The van der Waals surface area contributed by atoms with E-state index < -0.39 is 0 Å². The summed E-state index contributed by atoms with van der Waals surface area (Å²) in [6.07, 6.45) is 2.93. The van der Waals surface area contributed by atoms with Gasteiger partial charge in [-0.15, -0.1) is 11.3 Å². The normalized spacial score (nSPS) is 19.2. The lowest BCUT2D eigenvalue weighted by atomic mass is 10.2. The van der Waals surface area contributed by atoms with E-state index in [1.165, 1.54) is 16.1 Å². The number of carbonyl (C=O) groups is 1. The third kappa shape index (κ3) is 3.09. The van der Waals surface area contributed by atoms with Crippen LogP contribution >= 0.6 is 11.3 Å². The first-order valence-corrected chi connectivity index (χ1v) is 8.26. The molecule has 3 rings (SSSR count). The van der Waals surface area contributed by atoms with E-state index in [2.05, 4.69) is 23.1 Å². The second-order valence-electron chi connectivity index (χ2n) is 5.75. The minimum absolute atomic E-state index is 0.199. The second-order valence-corrected chi connectivity index (χ2v) is 6.81. The first kappa shape index (κ1) is 14.5. The van der Waals surface area contributed by atoms with Crippen LogP contribution in [0.4, 0.5) is 0 Å². The van der Waals surface area contributed by atoms with E-state index in [0.717, 1.165) is 25.0 Å². The van der Waals surface area contributed by atoms with Gasteiger partial charge in [-0.2, -0.15) is 0 Å². The van der Waals surface area contributed by atoms with Crippen LogP contribution in [-0.2, 0) is 4.79 Å². The van der Waals surface area contributed by atoms with Crippen molar-refractivity contribution < 1.29 is 4.79 Å². The molecule has 4 nitrogen and oxygen atoms in total. The van der Waals surface area contributed by atoms with Gasteiger partial charge in [0.1, 0.15) is 5.01 Å². The fraction of sp³-hybridized carbons (Fsp3) is 0.500. The molecule has 0 spiro atoms. The van der Waals surface area contributed by atoms with Gasteiger partial charge in [0.05, 0.1) is 16.3 Å². The molecular weight excluding hydrogens is 282 g/mol. The first-order valence-electron chi connectivity index (χ1n) is 7.45. The van der Waals surface area contributed by atoms with Gasteiger partial charge in [-0.05, 0) is 31.5 Å². The van der Waals surface area contributed by atoms with E-state index in [-0.39, 0.29) is 5.91 Å². The van der Waals surface area contributed by atoms with Gasteiger partial charge in [0, 0.05) is 27.1 Å². The van der Waals surface area contributed by atoms with Gasteiger partial charge in [0.2, 0.25) is 5.91 Å². The molecule has 0 N–H and O–H groups in total. The Labute approximate surface area is 129 Å². The van der Waals surface area contributed by atoms with Gasteiger partial charge in [0.15, 0.2) is 0 Å². The van der Waals surface area contributed by atoms with Crippen molar-refractivity contribution in [3.8, 4) is 0 Å². The Morgan fingerprint density at radius 3 is 3.00 bits per heavy atom. The SMILES string of the molecule is CN(C)C(=O)CCN1CCCC1c1nc2ccccc2s1. The zero-order valence-corrected chi connectivity index (χ0v) is 13.4. The van der Waals surface area contributed by atoms with Crippen LogP contribution < -0.4 is 0 Å². The molecule has 21 heavy (non-hydrogen) atoms. The Kier molecular flexibility index (Phi) is 4.22. The predicted octanol–water partition coefficient (Wildman–Crippen LogP) is 2.91. The van der Waals surface area contributed by atoms with Crippen LogP contribution in [-0.4, -0.2) is 47.9 Å². The van der Waals surface area contributed by atoms with Crippen LogP contribution in [0.5, 0.6) is 0 Å². The van der Waals surface area contributed by atoms with Crippen molar-refractivity contribution >= 4 is 27.5 Å². The number of likely N-dealkylation sites (tertiary alicyclic amines) is 1. The number of aromatic nitrogens is 1. The van der Waals surface area contributed by atoms with E-state index in [4.69, 9.17) is 4.98 Å². The van der Waals surface area contributed by atoms with E-state index in [1.807, 2.05) is 20.2 Å². The zero-order valence-electron chi connectivity index (χ0n) is 12.6. The lowest BCUT2D eigenvalue weighted by molar-refractivity contribution is -0.129. The number of rotatable bonds is 4. The molecule has 0 radical (unpaired) electrons. The number of nitrogens with zero attached hydrogens (tertiary/aromatic N) is 3. The van der Waals surface area contributed by atoms with Gasteiger partial charge < -0.3 is 4.90 Å². The number of fused-ring (bicyclic) bond motifs is 1. The van der Waals surface area contributed by atoms with Crippen LogP contribution in [0.3, 0.4) is 0 Å². The maximum atomic E-state index is 11.8. The summed E-state index contributed by atoms with van der Waals surface area (Å²) in [5, 5.41) is 1.20. The molecule has 1 atom stereocenters. The van der Waals surface area contributed by atoms with Crippen molar-refractivity contribution in [1.82, 2.24) is 14.8 Å². The quantitative estimate of drug-likeness (QED) is 0.871. The Hall–Kier alpha value is -1.46. The highest BCUT2D eigenvalue weighted by Crippen LogP contribution is 2.36. The smallest absolute Gasteiger partial charge is 0.223 e. The molecule has 0 saturated carbocycles. The Balaban J connectivity index is 1.72. The number of thiazole rings is 1. The minimum atomic E-state index is 0.199. The number of benzene rings is 1. The topological polar surface area (TPSA) is 36.4 Å². The summed E-state index contributed by atoms with van der Waals surface area (Å²) in [4.78, 5) is 20.6. The van der Waals surface area contributed by atoms with Crippen molar-refractivity contribution in [3.05, 3.63) is 29.3 Å². The summed E-state index contributed by atoms with van der Waals surface area (Å²) < 4.78 is 1.25. The summed E-state index contributed by atoms with van der Waals surface area (Å²) in [6.45, 7) is 1.90. The van der Waals surface area contributed by atoms with Crippen molar-refractivity contribution in [3.63, 3.8) is 0 Å². The van der Waals surface area contributed by atoms with Crippen molar-refractivity contribution in [2.24, 2.45) is 0 Å². The Morgan fingerprint density at radius 1 is 1.43 bits per heavy atom. The molecule has 0 bridgehead atoms. The highest BCUT2D eigenvalue weighted by Gasteiger charge is 2.28. The van der Waals surface area contributed by atoms with Crippen molar-refractivity contribution in [2.75, 3.05) is 27.2 Å². The summed E-state index contributed by atoms with van der Waals surface area (Å²) in [6, 6.07) is 8.69. The summed E-state index contributed by atoms with van der Waals surface area (Å²) in [7, 11) is 3.63. The summed E-state index contributed by atoms with van der Waals surface area (Å²) >= 11 is 1.79. The molecule has 1 unspecified atom stereocenters. The molecule has 0 aliphatic carbocycles. The monoisotopic (exact) mass is 303 g/mol. The minimum Gasteiger partial charge on any atom is -0.349 e. The van der Waals surface area contributed by atoms with E-state index >= 15 is 0 Å². The fourth-order valence-electron chi connectivity index (χ4n) is 2.87. The Bertz CT molecular complexity index is 604. The zero-order chi connectivity index (χ0) is 14.8. The fourth-order valence-corrected chi connectivity index (χ4v) is 4.01. The van der Waals surface area contributed by atoms with Crippen LogP contribution in [0.25, 0.3) is 10.2 Å². The van der Waals surface area contributed by atoms with Crippen LogP contribution in [0.1, 0.15) is 30.3 Å². The third-order valence-electron chi connectivity index (χ3n) is 4.07. The second kappa shape index (κ2) is 6.12. The maximum absolute atomic E-state index is 11.8. The van der Waals surface area contributed by atoms with E-state index in [1.54, 1.807) is 16.2 Å². The average Bonchev–Trinajstić information content (AvgIpc) is 3.10. The standard InChI is InChI=1S/C16H21N3OS/c1-18(2)15(20)9-11-19-10-5-7-13(19)16-17-12-6-3-4-8-14(12)21-16/h3-4,6,8,13H,5,7,9-11H2,1-2H3. The highest BCUT2D eigenvalue weighted by atomic mass is 32.1. The predicted molar refractivity (Wildman–Crippen MR) is 86.5 cm³/mol. The molecule has 2 heterocycles. The van der Waals surface area contributed by atoms with Gasteiger partial charge >= 0.3 is 0 Å². The number of amides is 1. The molecule has 1 fully saturated rings. The largest absolute Gasteiger partial charge is 0.349 e. The van der Waals surface area contributed by atoms with Crippen LogP contribution in [0, 0.1) is 0 Å². The number of hydrogen-bond donors (Lipinski definition) is 0. The van der Waals surface area contributed by atoms with Crippen LogP contribution in [0.15, 0.2) is 24.3 Å². The van der Waals surface area contributed by atoms with Gasteiger partial charge in [0.25, 0.3) is 0 Å². The molecule has 2 aromatic rings. The molecule has 1 saturated heterocycles. The summed E-state index contributed by atoms with van der Waals surface area (Å²) in [5.74, 6) is 0.199.